The van der Waals surface area contributed by atoms with Crippen LogP contribution in [0.25, 0.3) is 0 Å². The minimum Gasteiger partial charge on any atom is -0.496 e. The first kappa shape index (κ1) is 16.2. The Balaban J connectivity index is 1.89. The van der Waals surface area contributed by atoms with E-state index in [-0.39, 0.29) is 11.9 Å². The standard InChI is InChI=1S/C16H26FN3O/c1-3-19-9-11-20(12-10-19)8-7-14(18)16-13(17)5-4-6-15(16)21-2/h4-6,14H,3,7-12,18H2,1-2H3. The molecule has 1 saturated heterocycles. The fourth-order valence-corrected chi connectivity index (χ4v) is 2.85. The number of methoxy groups -OCH3 is 1. The topological polar surface area (TPSA) is 41.7 Å². The Kier molecular flexibility index (Phi) is 5.96. The molecular weight excluding hydrogens is 269 g/mol. The molecule has 21 heavy (non-hydrogen) atoms. The second kappa shape index (κ2) is 7.73. The second-order valence-electron chi connectivity index (χ2n) is 5.53. The molecule has 0 aromatic heterocycles. The van der Waals surface area contributed by atoms with Gasteiger partial charge in [0.15, 0.2) is 0 Å². The van der Waals surface area contributed by atoms with Crippen molar-refractivity contribution in [3.8, 4) is 5.75 Å². The van der Waals surface area contributed by atoms with Crippen molar-refractivity contribution < 1.29 is 9.13 Å². The first-order valence-corrected chi connectivity index (χ1v) is 7.68. The fourth-order valence-electron chi connectivity index (χ4n) is 2.85. The summed E-state index contributed by atoms with van der Waals surface area (Å²) in [6, 6.07) is 4.52. The van der Waals surface area contributed by atoms with Crippen molar-refractivity contribution >= 4 is 0 Å². The highest BCUT2D eigenvalue weighted by Gasteiger charge is 2.20. The van der Waals surface area contributed by atoms with Crippen molar-refractivity contribution in [2.24, 2.45) is 5.73 Å². The van der Waals surface area contributed by atoms with E-state index in [1.54, 1.807) is 19.2 Å². The van der Waals surface area contributed by atoms with Crippen LogP contribution in [0, 0.1) is 5.82 Å². The van der Waals surface area contributed by atoms with E-state index in [2.05, 4.69) is 16.7 Å². The van der Waals surface area contributed by atoms with Gasteiger partial charge in [-0.05, 0) is 25.1 Å². The van der Waals surface area contributed by atoms with Gasteiger partial charge in [-0.1, -0.05) is 13.0 Å². The molecule has 1 fully saturated rings. The summed E-state index contributed by atoms with van der Waals surface area (Å²) in [5.41, 5.74) is 6.68. The Labute approximate surface area is 126 Å². The number of nitrogens with zero attached hydrogens (tertiary/aromatic N) is 2. The highest BCUT2D eigenvalue weighted by atomic mass is 19.1. The number of benzene rings is 1. The molecule has 5 heteroatoms. The lowest BCUT2D eigenvalue weighted by molar-refractivity contribution is 0.134. The largest absolute Gasteiger partial charge is 0.496 e. The van der Waals surface area contributed by atoms with Crippen molar-refractivity contribution in [3.63, 3.8) is 0 Å². The van der Waals surface area contributed by atoms with E-state index >= 15 is 0 Å². The summed E-state index contributed by atoms with van der Waals surface area (Å²) < 4.78 is 19.2. The zero-order valence-electron chi connectivity index (χ0n) is 13.0. The maximum Gasteiger partial charge on any atom is 0.131 e. The number of hydrogen-bond acceptors (Lipinski definition) is 4. The monoisotopic (exact) mass is 295 g/mol. The number of nitrogens with two attached hydrogens (primary N) is 1. The molecule has 2 rings (SSSR count). The zero-order valence-corrected chi connectivity index (χ0v) is 13.0. The molecular formula is C16H26FN3O. The van der Waals surface area contributed by atoms with Gasteiger partial charge in [-0.25, -0.2) is 4.39 Å². The van der Waals surface area contributed by atoms with E-state index in [9.17, 15) is 4.39 Å². The quantitative estimate of drug-likeness (QED) is 0.870. The normalized spacial score (nSPS) is 18.7. The molecule has 2 N–H and O–H groups in total. The summed E-state index contributed by atoms with van der Waals surface area (Å²) in [5.74, 6) is 0.260. The predicted octanol–water partition coefficient (Wildman–Crippen LogP) is 1.86. The Bertz CT molecular complexity index is 447. The molecule has 1 heterocycles. The predicted molar refractivity (Wildman–Crippen MR) is 83.1 cm³/mol. The van der Waals surface area contributed by atoms with E-state index in [0.29, 0.717) is 11.3 Å². The summed E-state index contributed by atoms with van der Waals surface area (Å²) >= 11 is 0. The summed E-state index contributed by atoms with van der Waals surface area (Å²) in [5, 5.41) is 0. The van der Waals surface area contributed by atoms with Crippen LogP contribution in [-0.2, 0) is 0 Å². The van der Waals surface area contributed by atoms with Gasteiger partial charge in [-0.15, -0.1) is 0 Å². The minimum absolute atomic E-state index is 0.280. The van der Waals surface area contributed by atoms with Gasteiger partial charge in [0.05, 0.1) is 7.11 Å². The molecule has 4 nitrogen and oxygen atoms in total. The van der Waals surface area contributed by atoms with E-state index in [4.69, 9.17) is 10.5 Å². The van der Waals surface area contributed by atoms with Gasteiger partial charge in [0.1, 0.15) is 11.6 Å². The lowest BCUT2D eigenvalue weighted by atomic mass is 10.0. The van der Waals surface area contributed by atoms with Crippen LogP contribution in [0.2, 0.25) is 0 Å². The van der Waals surface area contributed by atoms with Crippen LogP contribution >= 0.6 is 0 Å². The zero-order chi connectivity index (χ0) is 15.2. The number of rotatable bonds is 6. The van der Waals surface area contributed by atoms with Gasteiger partial charge in [0, 0.05) is 44.3 Å². The minimum atomic E-state index is -0.328. The summed E-state index contributed by atoms with van der Waals surface area (Å²) in [4.78, 5) is 4.84. The first-order chi connectivity index (χ1) is 10.2. The molecule has 118 valence electrons. The molecule has 1 aromatic rings. The van der Waals surface area contributed by atoms with Gasteiger partial charge >= 0.3 is 0 Å². The summed E-state index contributed by atoms with van der Waals surface area (Å²) in [6.45, 7) is 8.54. The maximum absolute atomic E-state index is 14.0. The molecule has 0 radical (unpaired) electrons. The van der Waals surface area contributed by atoms with Crippen LogP contribution in [0.1, 0.15) is 24.9 Å². The van der Waals surface area contributed by atoms with Gasteiger partial charge in [-0.2, -0.15) is 0 Å². The van der Waals surface area contributed by atoms with Crippen LogP contribution in [0.4, 0.5) is 4.39 Å². The fraction of sp³-hybridized carbons (Fsp3) is 0.625. The number of halogens is 1. The molecule has 0 bridgehead atoms. The van der Waals surface area contributed by atoms with Crippen molar-refractivity contribution in [1.29, 1.82) is 0 Å². The molecule has 0 amide bonds. The SMILES string of the molecule is CCN1CCN(CCC(N)c2c(F)cccc2OC)CC1. The van der Waals surface area contributed by atoms with Crippen molar-refractivity contribution in [1.82, 2.24) is 9.80 Å². The van der Waals surface area contributed by atoms with Gasteiger partial charge < -0.3 is 20.3 Å². The number of likely N-dealkylation sites (N-methyl/N-ethyl adjacent to an activating group) is 1. The third-order valence-electron chi connectivity index (χ3n) is 4.27. The van der Waals surface area contributed by atoms with Crippen LogP contribution < -0.4 is 10.5 Å². The third kappa shape index (κ3) is 4.15. The summed E-state index contributed by atoms with van der Waals surface area (Å²) in [6.07, 6.45) is 0.740. The van der Waals surface area contributed by atoms with Crippen LogP contribution in [-0.4, -0.2) is 56.2 Å². The van der Waals surface area contributed by atoms with Crippen LogP contribution in [0.5, 0.6) is 5.75 Å². The van der Waals surface area contributed by atoms with E-state index in [0.717, 1.165) is 45.7 Å². The van der Waals surface area contributed by atoms with Gasteiger partial charge in [-0.3, -0.25) is 0 Å². The second-order valence-corrected chi connectivity index (χ2v) is 5.53. The first-order valence-electron chi connectivity index (χ1n) is 7.68. The number of ether oxygens (including phenoxy) is 1. The molecule has 0 spiro atoms. The Morgan fingerprint density at radius 1 is 1.24 bits per heavy atom. The smallest absolute Gasteiger partial charge is 0.131 e. The van der Waals surface area contributed by atoms with Crippen LogP contribution in [0.3, 0.4) is 0 Å². The van der Waals surface area contributed by atoms with Gasteiger partial charge in [0.2, 0.25) is 0 Å². The third-order valence-corrected chi connectivity index (χ3v) is 4.27. The van der Waals surface area contributed by atoms with E-state index < -0.39 is 0 Å². The number of piperazine rings is 1. The van der Waals surface area contributed by atoms with Crippen LogP contribution in [0.15, 0.2) is 18.2 Å². The number of hydrogen-bond donors (Lipinski definition) is 1. The highest BCUT2D eigenvalue weighted by molar-refractivity contribution is 5.37. The Hall–Kier alpha value is -1.17. The van der Waals surface area contributed by atoms with Gasteiger partial charge in [0.25, 0.3) is 0 Å². The van der Waals surface area contributed by atoms with Crippen molar-refractivity contribution in [3.05, 3.63) is 29.6 Å². The average Bonchev–Trinajstić information content (AvgIpc) is 2.52. The van der Waals surface area contributed by atoms with Crippen molar-refractivity contribution in [2.75, 3.05) is 46.4 Å². The summed E-state index contributed by atoms with van der Waals surface area (Å²) in [7, 11) is 1.55. The maximum atomic E-state index is 14.0. The Morgan fingerprint density at radius 2 is 1.90 bits per heavy atom. The molecule has 1 aliphatic rings. The molecule has 1 unspecified atom stereocenters. The van der Waals surface area contributed by atoms with E-state index in [1.165, 1.54) is 6.07 Å². The highest BCUT2D eigenvalue weighted by Crippen LogP contribution is 2.28. The molecule has 1 atom stereocenters. The average molecular weight is 295 g/mol. The molecule has 1 aromatic carbocycles. The molecule has 0 aliphatic carbocycles. The van der Waals surface area contributed by atoms with E-state index in [1.807, 2.05) is 0 Å². The Morgan fingerprint density at radius 3 is 2.52 bits per heavy atom. The lowest BCUT2D eigenvalue weighted by Gasteiger charge is -2.34. The molecule has 1 aliphatic heterocycles. The lowest BCUT2D eigenvalue weighted by Crippen LogP contribution is -2.46. The van der Waals surface area contributed by atoms with Crippen molar-refractivity contribution in [2.45, 2.75) is 19.4 Å². The molecule has 0 saturated carbocycles.